The fourth-order valence-corrected chi connectivity index (χ4v) is 1.69. The Bertz CT molecular complexity index is 565. The van der Waals surface area contributed by atoms with E-state index in [0.29, 0.717) is 10.6 Å². The number of aryl methyl sites for hydroxylation is 1. The maximum atomic E-state index is 11.9. The molecule has 2 heteroatoms. The first-order chi connectivity index (χ1) is 8.65. The molecule has 0 bridgehead atoms. The van der Waals surface area contributed by atoms with E-state index < -0.39 is 0 Å². The summed E-state index contributed by atoms with van der Waals surface area (Å²) in [7, 11) is 0. The van der Waals surface area contributed by atoms with Gasteiger partial charge in [-0.05, 0) is 42.8 Å². The van der Waals surface area contributed by atoms with Crippen molar-refractivity contribution in [3.05, 3.63) is 76.3 Å². The molecule has 0 saturated carbocycles. The first-order valence-corrected chi connectivity index (χ1v) is 6.07. The summed E-state index contributed by atoms with van der Waals surface area (Å²) in [6.07, 6.45) is 3.39. The highest BCUT2D eigenvalue weighted by molar-refractivity contribution is 6.30. The quantitative estimate of drug-likeness (QED) is 0.582. The van der Waals surface area contributed by atoms with Crippen molar-refractivity contribution in [1.29, 1.82) is 0 Å². The van der Waals surface area contributed by atoms with E-state index in [1.807, 2.05) is 37.3 Å². The van der Waals surface area contributed by atoms with Crippen LogP contribution in [0, 0.1) is 6.92 Å². The molecule has 2 aromatic carbocycles. The summed E-state index contributed by atoms with van der Waals surface area (Å²) >= 11 is 5.77. The Labute approximate surface area is 112 Å². The monoisotopic (exact) mass is 256 g/mol. The summed E-state index contributed by atoms with van der Waals surface area (Å²) in [5.74, 6) is -0.0211. The van der Waals surface area contributed by atoms with Crippen LogP contribution in [0.3, 0.4) is 0 Å². The van der Waals surface area contributed by atoms with E-state index in [1.165, 1.54) is 5.56 Å². The van der Waals surface area contributed by atoms with Crippen LogP contribution in [0.15, 0.2) is 54.6 Å². The average molecular weight is 257 g/mol. The number of rotatable bonds is 3. The predicted molar refractivity (Wildman–Crippen MR) is 76.0 cm³/mol. The zero-order chi connectivity index (χ0) is 13.0. The Balaban J connectivity index is 2.11. The summed E-state index contributed by atoms with van der Waals surface area (Å²) < 4.78 is 0. The van der Waals surface area contributed by atoms with Gasteiger partial charge in [-0.3, -0.25) is 4.79 Å². The van der Waals surface area contributed by atoms with Gasteiger partial charge in [0.05, 0.1) is 0 Å². The Hall–Kier alpha value is -1.86. The molecule has 0 aliphatic heterocycles. The van der Waals surface area contributed by atoms with E-state index in [9.17, 15) is 4.79 Å². The van der Waals surface area contributed by atoms with Crippen LogP contribution < -0.4 is 0 Å². The summed E-state index contributed by atoms with van der Waals surface area (Å²) in [6.45, 7) is 2.03. The Morgan fingerprint density at radius 1 is 1.00 bits per heavy atom. The number of hydrogen-bond acceptors (Lipinski definition) is 1. The third kappa shape index (κ3) is 3.31. The normalized spacial score (nSPS) is 10.8. The molecule has 0 fully saturated rings. The molecule has 0 aliphatic rings. The molecule has 0 atom stereocenters. The highest BCUT2D eigenvalue weighted by Crippen LogP contribution is 2.11. The predicted octanol–water partition coefficient (Wildman–Crippen LogP) is 4.54. The molecule has 0 unspecified atom stereocenters. The largest absolute Gasteiger partial charge is 0.289 e. The van der Waals surface area contributed by atoms with Gasteiger partial charge in [0.2, 0.25) is 0 Å². The number of allylic oxidation sites excluding steroid dienone is 1. The zero-order valence-electron chi connectivity index (χ0n) is 10.1. The Kier molecular flexibility index (Phi) is 3.96. The molecule has 90 valence electrons. The summed E-state index contributed by atoms with van der Waals surface area (Å²) in [6, 6.07) is 14.9. The van der Waals surface area contributed by atoms with Crippen LogP contribution in [0.1, 0.15) is 21.5 Å². The number of hydrogen-bond donors (Lipinski definition) is 0. The van der Waals surface area contributed by atoms with Gasteiger partial charge >= 0.3 is 0 Å². The first kappa shape index (κ1) is 12.6. The van der Waals surface area contributed by atoms with Crippen LogP contribution in [-0.2, 0) is 0 Å². The van der Waals surface area contributed by atoms with Gasteiger partial charge in [0.1, 0.15) is 0 Å². The highest BCUT2D eigenvalue weighted by Gasteiger charge is 2.00. The van der Waals surface area contributed by atoms with Crippen LogP contribution in [0.25, 0.3) is 6.08 Å². The molecule has 0 aromatic heterocycles. The fraction of sp³-hybridized carbons (Fsp3) is 0.0625. The molecule has 1 nitrogen and oxygen atoms in total. The first-order valence-electron chi connectivity index (χ1n) is 5.70. The van der Waals surface area contributed by atoms with Gasteiger partial charge in [-0.1, -0.05) is 47.5 Å². The molecule has 0 saturated heterocycles. The lowest BCUT2D eigenvalue weighted by molar-refractivity contribution is 0.104. The smallest absolute Gasteiger partial charge is 0.185 e. The van der Waals surface area contributed by atoms with Crippen molar-refractivity contribution in [2.75, 3.05) is 0 Å². The summed E-state index contributed by atoms with van der Waals surface area (Å²) in [5, 5.41) is 0.633. The summed E-state index contributed by atoms with van der Waals surface area (Å²) in [4.78, 5) is 11.9. The highest BCUT2D eigenvalue weighted by atomic mass is 35.5. The second-order valence-electron chi connectivity index (χ2n) is 4.12. The molecule has 0 aliphatic carbocycles. The van der Waals surface area contributed by atoms with Gasteiger partial charge in [-0.25, -0.2) is 0 Å². The Morgan fingerprint density at radius 3 is 2.22 bits per heavy atom. The van der Waals surface area contributed by atoms with Crippen molar-refractivity contribution in [2.45, 2.75) is 6.92 Å². The van der Waals surface area contributed by atoms with Crippen LogP contribution in [0.2, 0.25) is 5.02 Å². The third-order valence-electron chi connectivity index (χ3n) is 2.63. The van der Waals surface area contributed by atoms with Crippen molar-refractivity contribution < 1.29 is 4.79 Å². The SMILES string of the molecule is Cc1ccc(/C=C\C(=O)c2ccc(Cl)cc2)cc1. The molecule has 0 N–H and O–H groups in total. The van der Waals surface area contributed by atoms with E-state index in [0.717, 1.165) is 5.56 Å². The topological polar surface area (TPSA) is 17.1 Å². The minimum atomic E-state index is -0.0211. The van der Waals surface area contributed by atoms with Gasteiger partial charge in [0, 0.05) is 10.6 Å². The van der Waals surface area contributed by atoms with Gasteiger partial charge in [-0.2, -0.15) is 0 Å². The molecule has 0 amide bonds. The summed E-state index contributed by atoms with van der Waals surface area (Å²) in [5.41, 5.74) is 2.86. The van der Waals surface area contributed by atoms with E-state index in [4.69, 9.17) is 11.6 Å². The second kappa shape index (κ2) is 5.65. The lowest BCUT2D eigenvalue weighted by atomic mass is 10.1. The molecular formula is C16H13ClO. The van der Waals surface area contributed by atoms with E-state index in [1.54, 1.807) is 30.3 Å². The molecule has 0 radical (unpaired) electrons. The van der Waals surface area contributed by atoms with Gasteiger partial charge in [0.25, 0.3) is 0 Å². The van der Waals surface area contributed by atoms with E-state index in [-0.39, 0.29) is 5.78 Å². The average Bonchev–Trinajstić information content (AvgIpc) is 2.38. The van der Waals surface area contributed by atoms with Crippen molar-refractivity contribution in [1.82, 2.24) is 0 Å². The van der Waals surface area contributed by atoms with Crippen LogP contribution >= 0.6 is 11.6 Å². The number of carbonyl (C=O) groups is 1. The lowest BCUT2D eigenvalue weighted by Crippen LogP contribution is -1.92. The van der Waals surface area contributed by atoms with Gasteiger partial charge < -0.3 is 0 Å². The van der Waals surface area contributed by atoms with Gasteiger partial charge in [-0.15, -0.1) is 0 Å². The minimum Gasteiger partial charge on any atom is -0.289 e. The molecule has 0 heterocycles. The van der Waals surface area contributed by atoms with Crippen LogP contribution in [-0.4, -0.2) is 5.78 Å². The van der Waals surface area contributed by atoms with Crippen molar-refractivity contribution >= 4 is 23.5 Å². The standard InChI is InChI=1S/C16H13ClO/c1-12-2-4-13(5-3-12)6-11-16(18)14-7-9-15(17)10-8-14/h2-11H,1H3/b11-6-. The molecule has 2 rings (SSSR count). The van der Waals surface area contributed by atoms with E-state index >= 15 is 0 Å². The number of halogens is 1. The third-order valence-corrected chi connectivity index (χ3v) is 2.89. The molecule has 2 aromatic rings. The van der Waals surface area contributed by atoms with Crippen molar-refractivity contribution in [3.8, 4) is 0 Å². The number of carbonyl (C=O) groups excluding carboxylic acids is 1. The molecular weight excluding hydrogens is 244 g/mol. The number of benzene rings is 2. The maximum absolute atomic E-state index is 11.9. The second-order valence-corrected chi connectivity index (χ2v) is 4.55. The Morgan fingerprint density at radius 2 is 1.61 bits per heavy atom. The molecule has 18 heavy (non-hydrogen) atoms. The zero-order valence-corrected chi connectivity index (χ0v) is 10.8. The van der Waals surface area contributed by atoms with Crippen LogP contribution in [0.4, 0.5) is 0 Å². The van der Waals surface area contributed by atoms with Gasteiger partial charge in [0.15, 0.2) is 5.78 Å². The maximum Gasteiger partial charge on any atom is 0.185 e. The van der Waals surface area contributed by atoms with Crippen LogP contribution in [0.5, 0.6) is 0 Å². The minimum absolute atomic E-state index is 0.0211. The lowest BCUT2D eigenvalue weighted by Gasteiger charge is -1.97. The van der Waals surface area contributed by atoms with E-state index in [2.05, 4.69) is 0 Å². The van der Waals surface area contributed by atoms with Crippen molar-refractivity contribution in [2.24, 2.45) is 0 Å². The van der Waals surface area contributed by atoms with Crippen molar-refractivity contribution in [3.63, 3.8) is 0 Å². The number of ketones is 1. The fourth-order valence-electron chi connectivity index (χ4n) is 1.56. The molecule has 0 spiro atoms.